The van der Waals surface area contributed by atoms with Crippen LogP contribution in [0.3, 0.4) is 0 Å². The van der Waals surface area contributed by atoms with Crippen molar-refractivity contribution in [3.05, 3.63) is 58.5 Å². The molecule has 2 aromatic carbocycles. The van der Waals surface area contributed by atoms with Crippen molar-refractivity contribution >= 4 is 10.9 Å². The summed E-state index contributed by atoms with van der Waals surface area (Å²) in [6.07, 6.45) is 6.33. The van der Waals surface area contributed by atoms with E-state index in [4.69, 9.17) is 11.2 Å². The molecule has 0 aliphatic heterocycles. The number of terminal acetylenes is 1. The predicted octanol–water partition coefficient (Wildman–Crippen LogP) is 5.25. The monoisotopic (exact) mass is 388 g/mol. The van der Waals surface area contributed by atoms with Crippen molar-refractivity contribution in [1.29, 1.82) is 0 Å². The van der Waals surface area contributed by atoms with Crippen LogP contribution in [0.5, 0.6) is 5.75 Å². The van der Waals surface area contributed by atoms with Crippen LogP contribution in [-0.2, 0) is 6.54 Å². The van der Waals surface area contributed by atoms with E-state index in [1.165, 1.54) is 5.56 Å². The summed E-state index contributed by atoms with van der Waals surface area (Å²) in [6.45, 7) is 9.42. The SMILES string of the molecule is C#CCOc1ccc2c(c1)c(-c1ccc(C(C)C)cc1)nc(=O)n2CC(C)CC. The highest BCUT2D eigenvalue weighted by atomic mass is 16.5. The highest BCUT2D eigenvalue weighted by molar-refractivity contribution is 5.93. The second-order valence-electron chi connectivity index (χ2n) is 7.82. The van der Waals surface area contributed by atoms with Crippen molar-refractivity contribution in [3.8, 4) is 29.4 Å². The number of rotatable bonds is 7. The van der Waals surface area contributed by atoms with Gasteiger partial charge in [0.25, 0.3) is 0 Å². The molecule has 0 aliphatic carbocycles. The molecule has 0 radical (unpaired) electrons. The van der Waals surface area contributed by atoms with Crippen molar-refractivity contribution in [2.75, 3.05) is 6.61 Å². The molecular weight excluding hydrogens is 360 g/mol. The second-order valence-corrected chi connectivity index (χ2v) is 7.82. The van der Waals surface area contributed by atoms with Gasteiger partial charge in [-0.1, -0.05) is 64.3 Å². The van der Waals surface area contributed by atoms with E-state index in [0.717, 1.165) is 22.9 Å². The highest BCUT2D eigenvalue weighted by Gasteiger charge is 2.15. The van der Waals surface area contributed by atoms with E-state index < -0.39 is 0 Å². The molecule has 3 aromatic rings. The van der Waals surface area contributed by atoms with Gasteiger partial charge < -0.3 is 4.74 Å². The van der Waals surface area contributed by atoms with E-state index in [1.54, 1.807) is 4.57 Å². The summed E-state index contributed by atoms with van der Waals surface area (Å²) in [5.41, 5.74) is 3.48. The van der Waals surface area contributed by atoms with Crippen molar-refractivity contribution in [1.82, 2.24) is 9.55 Å². The molecule has 29 heavy (non-hydrogen) atoms. The van der Waals surface area contributed by atoms with Crippen LogP contribution in [-0.4, -0.2) is 16.2 Å². The zero-order chi connectivity index (χ0) is 21.0. The largest absolute Gasteiger partial charge is 0.481 e. The van der Waals surface area contributed by atoms with Crippen LogP contribution in [0, 0.1) is 18.3 Å². The molecule has 0 bridgehead atoms. The minimum atomic E-state index is -0.224. The third-order valence-corrected chi connectivity index (χ3v) is 5.32. The van der Waals surface area contributed by atoms with E-state index in [2.05, 4.69) is 50.7 Å². The molecule has 0 saturated heterocycles. The summed E-state index contributed by atoms with van der Waals surface area (Å²) >= 11 is 0. The Morgan fingerprint density at radius 2 is 1.86 bits per heavy atom. The van der Waals surface area contributed by atoms with Crippen LogP contribution < -0.4 is 10.4 Å². The highest BCUT2D eigenvalue weighted by Crippen LogP contribution is 2.30. The average molecular weight is 389 g/mol. The van der Waals surface area contributed by atoms with Crippen LogP contribution in [0.1, 0.15) is 45.6 Å². The van der Waals surface area contributed by atoms with E-state index in [0.29, 0.717) is 29.8 Å². The molecule has 1 atom stereocenters. The van der Waals surface area contributed by atoms with Gasteiger partial charge in [0, 0.05) is 17.5 Å². The summed E-state index contributed by atoms with van der Waals surface area (Å²) in [7, 11) is 0. The number of hydrogen-bond acceptors (Lipinski definition) is 3. The van der Waals surface area contributed by atoms with Crippen molar-refractivity contribution in [2.24, 2.45) is 5.92 Å². The number of ether oxygens (including phenoxy) is 1. The molecule has 3 rings (SSSR count). The fraction of sp³-hybridized carbons (Fsp3) is 0.360. The lowest BCUT2D eigenvalue weighted by atomic mass is 9.99. The Kier molecular flexibility index (Phi) is 6.39. The van der Waals surface area contributed by atoms with Gasteiger partial charge in [-0.25, -0.2) is 4.79 Å². The lowest BCUT2D eigenvalue weighted by molar-refractivity contribution is 0.371. The summed E-state index contributed by atoms with van der Waals surface area (Å²) in [5.74, 6) is 3.99. The Morgan fingerprint density at radius 3 is 2.48 bits per heavy atom. The van der Waals surface area contributed by atoms with Gasteiger partial charge in [-0.05, 0) is 35.6 Å². The van der Waals surface area contributed by atoms with Crippen molar-refractivity contribution < 1.29 is 4.74 Å². The standard InChI is InChI=1S/C25H28N2O2/c1-6-14-29-21-12-13-23-22(15-21)24(20-10-8-19(9-11-20)17(3)4)26-25(28)27(23)16-18(5)7-2/h1,8-13,15,17-18H,7,14,16H2,2-5H3. The number of fused-ring (bicyclic) bond motifs is 1. The van der Waals surface area contributed by atoms with E-state index >= 15 is 0 Å². The topological polar surface area (TPSA) is 44.1 Å². The van der Waals surface area contributed by atoms with Gasteiger partial charge in [-0.2, -0.15) is 4.98 Å². The van der Waals surface area contributed by atoms with Gasteiger partial charge in [0.05, 0.1) is 11.2 Å². The Bertz CT molecular complexity index is 1090. The Labute approximate surface area is 172 Å². The molecule has 1 heterocycles. The quantitative estimate of drug-likeness (QED) is 0.520. The van der Waals surface area contributed by atoms with Gasteiger partial charge in [0.15, 0.2) is 0 Å². The minimum absolute atomic E-state index is 0.198. The molecule has 1 aromatic heterocycles. The van der Waals surface area contributed by atoms with Crippen molar-refractivity contribution in [2.45, 2.75) is 46.6 Å². The Balaban J connectivity index is 2.21. The molecular formula is C25H28N2O2. The zero-order valence-corrected chi connectivity index (χ0v) is 17.6. The molecule has 1 unspecified atom stereocenters. The van der Waals surface area contributed by atoms with Gasteiger partial charge in [-0.15, -0.1) is 6.42 Å². The summed E-state index contributed by atoms with van der Waals surface area (Å²) in [5, 5.41) is 0.889. The molecule has 0 N–H and O–H groups in total. The zero-order valence-electron chi connectivity index (χ0n) is 17.6. The second kappa shape index (κ2) is 8.96. The minimum Gasteiger partial charge on any atom is -0.481 e. The molecule has 0 fully saturated rings. The van der Waals surface area contributed by atoms with E-state index in [-0.39, 0.29) is 12.3 Å². The average Bonchev–Trinajstić information content (AvgIpc) is 2.73. The lowest BCUT2D eigenvalue weighted by Gasteiger charge is -2.17. The van der Waals surface area contributed by atoms with Crippen LogP contribution in [0.4, 0.5) is 0 Å². The maximum atomic E-state index is 12.9. The first-order valence-corrected chi connectivity index (χ1v) is 10.2. The lowest BCUT2D eigenvalue weighted by Crippen LogP contribution is -2.26. The summed E-state index contributed by atoms with van der Waals surface area (Å²) < 4.78 is 7.39. The van der Waals surface area contributed by atoms with Gasteiger partial charge in [0.2, 0.25) is 0 Å². The number of nitrogens with zero attached hydrogens (tertiary/aromatic N) is 2. The Morgan fingerprint density at radius 1 is 1.14 bits per heavy atom. The molecule has 0 aliphatic rings. The number of aromatic nitrogens is 2. The van der Waals surface area contributed by atoms with Crippen LogP contribution in [0.2, 0.25) is 0 Å². The Hall–Kier alpha value is -3.06. The van der Waals surface area contributed by atoms with E-state index in [1.807, 2.05) is 30.3 Å². The molecule has 0 saturated carbocycles. The third kappa shape index (κ3) is 4.51. The fourth-order valence-electron chi connectivity index (χ4n) is 3.34. The first kappa shape index (κ1) is 20.7. The maximum absolute atomic E-state index is 12.9. The number of benzene rings is 2. The fourth-order valence-corrected chi connectivity index (χ4v) is 3.34. The maximum Gasteiger partial charge on any atom is 0.348 e. The van der Waals surface area contributed by atoms with Gasteiger partial charge in [0.1, 0.15) is 12.4 Å². The summed E-state index contributed by atoms with van der Waals surface area (Å²) in [4.78, 5) is 17.4. The van der Waals surface area contributed by atoms with Crippen LogP contribution in [0.25, 0.3) is 22.2 Å². The number of hydrogen-bond donors (Lipinski definition) is 0. The van der Waals surface area contributed by atoms with Crippen LogP contribution >= 0.6 is 0 Å². The van der Waals surface area contributed by atoms with Gasteiger partial charge >= 0.3 is 5.69 Å². The smallest absolute Gasteiger partial charge is 0.348 e. The molecule has 150 valence electrons. The predicted molar refractivity (Wildman–Crippen MR) is 119 cm³/mol. The first-order chi connectivity index (χ1) is 13.9. The molecule has 4 heteroatoms. The third-order valence-electron chi connectivity index (χ3n) is 5.32. The molecule has 0 spiro atoms. The van der Waals surface area contributed by atoms with Gasteiger partial charge in [-0.3, -0.25) is 4.57 Å². The normalized spacial score (nSPS) is 12.1. The van der Waals surface area contributed by atoms with Crippen LogP contribution in [0.15, 0.2) is 47.3 Å². The molecule has 0 amide bonds. The van der Waals surface area contributed by atoms with E-state index in [9.17, 15) is 4.79 Å². The molecule has 4 nitrogen and oxygen atoms in total. The summed E-state index contributed by atoms with van der Waals surface area (Å²) in [6, 6.07) is 14.0. The van der Waals surface area contributed by atoms with Crippen molar-refractivity contribution in [3.63, 3.8) is 0 Å². The first-order valence-electron chi connectivity index (χ1n) is 10.2.